The third kappa shape index (κ3) is 4.40. The zero-order valence-electron chi connectivity index (χ0n) is 14.9. The number of hydrogen-bond acceptors (Lipinski definition) is 7. The second kappa shape index (κ2) is 8.59. The van der Waals surface area contributed by atoms with Crippen LogP contribution >= 0.6 is 0 Å². The molecular weight excluding hydrogens is 368 g/mol. The molecule has 1 aromatic heterocycles. The smallest absolute Gasteiger partial charge is 0.339 e. The van der Waals surface area contributed by atoms with Gasteiger partial charge >= 0.3 is 5.97 Å². The van der Waals surface area contributed by atoms with E-state index in [-0.39, 0.29) is 18.1 Å². The number of methoxy groups -OCH3 is 1. The highest BCUT2D eigenvalue weighted by molar-refractivity contribution is 7.85. The van der Waals surface area contributed by atoms with Crippen LogP contribution in [0.25, 0.3) is 11.4 Å². The molecule has 0 saturated heterocycles. The Balaban J connectivity index is 1.70. The van der Waals surface area contributed by atoms with Crippen LogP contribution in [-0.4, -0.2) is 33.2 Å². The summed E-state index contributed by atoms with van der Waals surface area (Å²) < 4.78 is 27.6. The summed E-state index contributed by atoms with van der Waals surface area (Å²) in [6.45, 7) is 1.61. The van der Waals surface area contributed by atoms with Crippen LogP contribution in [0.5, 0.6) is 5.75 Å². The summed E-state index contributed by atoms with van der Waals surface area (Å²) in [5.41, 5.74) is 0.990. The van der Waals surface area contributed by atoms with Gasteiger partial charge in [0, 0.05) is 11.3 Å². The maximum atomic E-state index is 12.4. The van der Waals surface area contributed by atoms with Gasteiger partial charge in [0.2, 0.25) is 5.82 Å². The average molecular weight is 386 g/mol. The second-order valence-electron chi connectivity index (χ2n) is 5.45. The SMILES string of the molecule is CCS(=O)c1ccccc1C(=O)OCc1nc(-c2cccc(OC)c2)no1. The van der Waals surface area contributed by atoms with Crippen molar-refractivity contribution in [1.29, 1.82) is 0 Å². The molecule has 1 unspecified atom stereocenters. The fourth-order valence-corrected chi connectivity index (χ4v) is 3.33. The van der Waals surface area contributed by atoms with Crippen molar-refractivity contribution in [3.63, 3.8) is 0 Å². The van der Waals surface area contributed by atoms with E-state index >= 15 is 0 Å². The third-order valence-corrected chi connectivity index (χ3v) is 5.11. The first-order valence-corrected chi connectivity index (χ1v) is 9.55. The molecule has 0 bridgehead atoms. The van der Waals surface area contributed by atoms with E-state index in [1.54, 1.807) is 44.4 Å². The normalized spacial score (nSPS) is 11.8. The Morgan fingerprint density at radius 1 is 1.19 bits per heavy atom. The van der Waals surface area contributed by atoms with Crippen molar-refractivity contribution >= 4 is 16.8 Å². The lowest BCUT2D eigenvalue weighted by atomic mass is 10.2. The van der Waals surface area contributed by atoms with Gasteiger partial charge in [0.15, 0.2) is 6.61 Å². The summed E-state index contributed by atoms with van der Waals surface area (Å²) in [6, 6.07) is 13.9. The molecule has 1 heterocycles. The summed E-state index contributed by atoms with van der Waals surface area (Å²) in [5.74, 6) is 1.03. The lowest BCUT2D eigenvalue weighted by Gasteiger charge is -2.07. The van der Waals surface area contributed by atoms with E-state index in [1.807, 2.05) is 18.2 Å². The highest BCUT2D eigenvalue weighted by atomic mass is 32.2. The van der Waals surface area contributed by atoms with Crippen molar-refractivity contribution < 1.29 is 23.0 Å². The van der Waals surface area contributed by atoms with E-state index in [0.29, 0.717) is 22.2 Å². The molecule has 3 rings (SSSR count). The molecule has 0 radical (unpaired) electrons. The molecule has 0 N–H and O–H groups in total. The maximum Gasteiger partial charge on any atom is 0.339 e. The summed E-state index contributed by atoms with van der Waals surface area (Å²) >= 11 is 0. The fraction of sp³-hybridized carbons (Fsp3) is 0.211. The summed E-state index contributed by atoms with van der Waals surface area (Å²) in [6.07, 6.45) is 0. The minimum Gasteiger partial charge on any atom is -0.497 e. The third-order valence-electron chi connectivity index (χ3n) is 3.74. The molecule has 27 heavy (non-hydrogen) atoms. The van der Waals surface area contributed by atoms with E-state index in [4.69, 9.17) is 14.0 Å². The minimum absolute atomic E-state index is 0.162. The maximum absolute atomic E-state index is 12.4. The Kier molecular flexibility index (Phi) is 5.97. The van der Waals surface area contributed by atoms with Gasteiger partial charge in [-0.1, -0.05) is 36.3 Å². The van der Waals surface area contributed by atoms with Crippen LogP contribution in [0.3, 0.4) is 0 Å². The van der Waals surface area contributed by atoms with E-state index < -0.39 is 16.8 Å². The van der Waals surface area contributed by atoms with Crippen LogP contribution in [0, 0.1) is 0 Å². The predicted molar refractivity (Wildman–Crippen MR) is 98.8 cm³/mol. The molecule has 0 aliphatic heterocycles. The molecule has 140 valence electrons. The first-order valence-electron chi connectivity index (χ1n) is 8.24. The quantitative estimate of drug-likeness (QED) is 0.576. The Labute approximate surface area is 158 Å². The Morgan fingerprint density at radius 2 is 2.00 bits per heavy atom. The van der Waals surface area contributed by atoms with Crippen molar-refractivity contribution in [3.05, 3.63) is 60.0 Å². The van der Waals surface area contributed by atoms with Gasteiger partial charge in [-0.2, -0.15) is 4.98 Å². The standard InChI is InChI=1S/C19H18N2O5S/c1-3-27(23)16-10-5-4-9-15(16)19(22)25-12-17-20-18(21-26-17)13-7-6-8-14(11-13)24-2/h4-11H,3,12H2,1-2H3. The van der Waals surface area contributed by atoms with Crippen LogP contribution in [0.2, 0.25) is 0 Å². The molecule has 0 aliphatic rings. The summed E-state index contributed by atoms with van der Waals surface area (Å²) in [5, 5.41) is 3.89. The van der Waals surface area contributed by atoms with E-state index in [2.05, 4.69) is 10.1 Å². The van der Waals surface area contributed by atoms with Gasteiger partial charge in [-0.3, -0.25) is 4.21 Å². The minimum atomic E-state index is -1.26. The van der Waals surface area contributed by atoms with Gasteiger partial charge in [-0.05, 0) is 24.3 Å². The van der Waals surface area contributed by atoms with Gasteiger partial charge in [0.25, 0.3) is 5.89 Å². The lowest BCUT2D eigenvalue weighted by molar-refractivity contribution is 0.0425. The van der Waals surface area contributed by atoms with E-state index in [1.165, 1.54) is 0 Å². The number of benzene rings is 2. The number of ether oxygens (including phenoxy) is 2. The number of carbonyl (C=O) groups is 1. The van der Waals surface area contributed by atoms with E-state index in [0.717, 1.165) is 5.56 Å². The molecule has 3 aromatic rings. The predicted octanol–water partition coefficient (Wildman–Crippen LogP) is 3.23. The number of hydrogen-bond donors (Lipinski definition) is 0. The Hall–Kier alpha value is -3.00. The number of esters is 1. The molecule has 2 aromatic carbocycles. The van der Waals surface area contributed by atoms with Gasteiger partial charge in [0.1, 0.15) is 5.75 Å². The first kappa shape index (κ1) is 18.8. The number of rotatable bonds is 7. The van der Waals surface area contributed by atoms with Crippen molar-refractivity contribution in [2.45, 2.75) is 18.4 Å². The van der Waals surface area contributed by atoms with Gasteiger partial charge in [0.05, 0.1) is 28.4 Å². The molecule has 0 saturated carbocycles. The topological polar surface area (TPSA) is 91.5 Å². The monoisotopic (exact) mass is 386 g/mol. The molecule has 7 nitrogen and oxygen atoms in total. The molecule has 0 amide bonds. The molecule has 0 fully saturated rings. The second-order valence-corrected chi connectivity index (χ2v) is 7.16. The number of nitrogens with zero attached hydrogens (tertiary/aromatic N) is 2. The highest BCUT2D eigenvalue weighted by Gasteiger charge is 2.17. The molecular formula is C19H18N2O5S. The van der Waals surface area contributed by atoms with Crippen molar-refractivity contribution in [3.8, 4) is 17.1 Å². The summed E-state index contributed by atoms with van der Waals surface area (Å²) in [4.78, 5) is 17.0. The van der Waals surface area contributed by atoms with Crippen molar-refractivity contribution in [2.24, 2.45) is 0 Å². The molecule has 8 heteroatoms. The Bertz CT molecular complexity index is 970. The van der Waals surface area contributed by atoms with Gasteiger partial charge in [-0.15, -0.1) is 0 Å². The van der Waals surface area contributed by atoms with Crippen LogP contribution in [0.15, 0.2) is 57.9 Å². The lowest BCUT2D eigenvalue weighted by Crippen LogP contribution is -2.10. The van der Waals surface area contributed by atoms with Crippen LogP contribution in [-0.2, 0) is 22.1 Å². The largest absolute Gasteiger partial charge is 0.497 e. The van der Waals surface area contributed by atoms with E-state index in [9.17, 15) is 9.00 Å². The van der Waals surface area contributed by atoms with Crippen molar-refractivity contribution in [1.82, 2.24) is 10.1 Å². The molecule has 1 atom stereocenters. The summed E-state index contributed by atoms with van der Waals surface area (Å²) in [7, 11) is 0.314. The van der Waals surface area contributed by atoms with Crippen LogP contribution in [0.4, 0.5) is 0 Å². The van der Waals surface area contributed by atoms with Gasteiger partial charge < -0.3 is 14.0 Å². The van der Waals surface area contributed by atoms with Crippen LogP contribution < -0.4 is 4.74 Å². The average Bonchev–Trinajstić information content (AvgIpc) is 3.20. The Morgan fingerprint density at radius 3 is 2.78 bits per heavy atom. The highest BCUT2D eigenvalue weighted by Crippen LogP contribution is 2.21. The zero-order valence-corrected chi connectivity index (χ0v) is 15.7. The molecule has 0 aliphatic carbocycles. The zero-order chi connectivity index (χ0) is 19.2. The van der Waals surface area contributed by atoms with Crippen molar-refractivity contribution in [2.75, 3.05) is 12.9 Å². The van der Waals surface area contributed by atoms with Gasteiger partial charge in [-0.25, -0.2) is 4.79 Å². The first-order chi connectivity index (χ1) is 13.1. The van der Waals surface area contributed by atoms with Crippen LogP contribution in [0.1, 0.15) is 23.2 Å². The number of carbonyl (C=O) groups excluding carboxylic acids is 1. The number of aromatic nitrogens is 2. The molecule has 0 spiro atoms. The fourth-order valence-electron chi connectivity index (χ4n) is 2.39.